The number of nitrogens with one attached hydrogen (secondary N) is 1. The summed E-state index contributed by atoms with van der Waals surface area (Å²) in [6, 6.07) is 25.6. The minimum atomic E-state index is -0.0506. The van der Waals surface area contributed by atoms with Gasteiger partial charge in [0.1, 0.15) is 0 Å². The van der Waals surface area contributed by atoms with Crippen LogP contribution >= 0.6 is 12.2 Å². The molecule has 0 bridgehead atoms. The van der Waals surface area contributed by atoms with Crippen molar-refractivity contribution in [3.05, 3.63) is 113 Å². The summed E-state index contributed by atoms with van der Waals surface area (Å²) >= 11 is 5.92. The maximum absolute atomic E-state index is 5.92. The molecule has 0 spiro atoms. The van der Waals surface area contributed by atoms with Crippen LogP contribution in [0.15, 0.2) is 79.0 Å². The molecule has 2 atom stereocenters. The standard InChI is InChI=1S/C29H30N4S/c1-5-22-13-15-23(16-14-22)33-28(27(31-29(33)34)25-11-8-9-17-30-25)24-18-20(3)32(21(24)4)26-12-7-6-10-19(26)2/h6-18,27-28H,5H2,1-4H3,(H,31,34)/t27-,28-/m0/s1. The molecular weight excluding hydrogens is 436 g/mol. The molecule has 1 aliphatic rings. The first kappa shape index (κ1) is 22.4. The normalized spacial score (nSPS) is 17.8. The number of pyridine rings is 1. The molecule has 1 aliphatic heterocycles. The van der Waals surface area contributed by atoms with E-state index in [2.05, 4.69) is 103 Å². The largest absolute Gasteiger partial charge is 0.351 e. The average molecular weight is 467 g/mol. The Labute approximate surface area is 207 Å². The van der Waals surface area contributed by atoms with Crippen molar-refractivity contribution >= 4 is 23.0 Å². The van der Waals surface area contributed by atoms with Gasteiger partial charge in [-0.1, -0.05) is 43.3 Å². The molecule has 172 valence electrons. The Hall–Kier alpha value is -3.44. The predicted molar refractivity (Wildman–Crippen MR) is 144 cm³/mol. The molecule has 0 amide bonds. The fraction of sp³-hybridized carbons (Fsp3) is 0.241. The van der Waals surface area contributed by atoms with Crippen molar-refractivity contribution in [1.82, 2.24) is 14.9 Å². The van der Waals surface area contributed by atoms with E-state index in [0.29, 0.717) is 0 Å². The van der Waals surface area contributed by atoms with Crippen molar-refractivity contribution in [2.75, 3.05) is 4.90 Å². The molecule has 0 radical (unpaired) electrons. The fourth-order valence-electron chi connectivity index (χ4n) is 5.11. The number of hydrogen-bond acceptors (Lipinski definition) is 2. The molecule has 2 aromatic carbocycles. The van der Waals surface area contributed by atoms with Gasteiger partial charge in [0.15, 0.2) is 5.11 Å². The number of aromatic nitrogens is 2. The van der Waals surface area contributed by atoms with Gasteiger partial charge in [-0.3, -0.25) is 4.98 Å². The predicted octanol–water partition coefficient (Wildman–Crippen LogP) is 6.54. The third-order valence-corrected chi connectivity index (χ3v) is 7.18. The van der Waals surface area contributed by atoms with Gasteiger partial charge in [0.05, 0.1) is 17.8 Å². The summed E-state index contributed by atoms with van der Waals surface area (Å²) in [5, 5.41) is 4.32. The quantitative estimate of drug-likeness (QED) is 0.339. The molecule has 0 saturated carbocycles. The minimum Gasteiger partial charge on any atom is -0.351 e. The van der Waals surface area contributed by atoms with Gasteiger partial charge in [-0.2, -0.15) is 0 Å². The highest BCUT2D eigenvalue weighted by Crippen LogP contribution is 2.43. The zero-order valence-corrected chi connectivity index (χ0v) is 20.9. The van der Waals surface area contributed by atoms with E-state index in [4.69, 9.17) is 17.2 Å². The first-order valence-corrected chi connectivity index (χ1v) is 12.2. The Kier molecular flexibility index (Phi) is 5.96. The third-order valence-electron chi connectivity index (χ3n) is 6.87. The molecule has 0 unspecified atom stereocenters. The van der Waals surface area contributed by atoms with E-state index < -0.39 is 0 Å². The molecule has 5 rings (SSSR count). The van der Waals surface area contributed by atoms with Crippen LogP contribution in [-0.2, 0) is 6.42 Å². The third kappa shape index (κ3) is 3.80. The van der Waals surface area contributed by atoms with E-state index in [0.717, 1.165) is 22.9 Å². The monoisotopic (exact) mass is 466 g/mol. The Bertz CT molecular complexity index is 1320. The average Bonchev–Trinajstić information content (AvgIpc) is 3.35. The number of rotatable bonds is 5. The van der Waals surface area contributed by atoms with Crippen LogP contribution < -0.4 is 10.2 Å². The second-order valence-electron chi connectivity index (χ2n) is 8.96. The molecule has 0 aliphatic carbocycles. The first-order chi connectivity index (χ1) is 16.5. The van der Waals surface area contributed by atoms with Gasteiger partial charge in [0.25, 0.3) is 0 Å². The Morgan fingerprint density at radius 2 is 1.68 bits per heavy atom. The summed E-state index contributed by atoms with van der Waals surface area (Å²) in [4.78, 5) is 6.96. The number of nitrogens with zero attached hydrogens (tertiary/aromatic N) is 3. The lowest BCUT2D eigenvalue weighted by Crippen LogP contribution is -2.29. The maximum Gasteiger partial charge on any atom is 0.174 e. The summed E-state index contributed by atoms with van der Waals surface area (Å²) in [5.41, 5.74) is 9.55. The van der Waals surface area contributed by atoms with Crippen molar-refractivity contribution < 1.29 is 0 Å². The molecular formula is C29H30N4S. The van der Waals surface area contributed by atoms with Crippen LogP contribution in [0.2, 0.25) is 0 Å². The fourth-order valence-corrected chi connectivity index (χ4v) is 5.46. The van der Waals surface area contributed by atoms with E-state index in [1.54, 1.807) is 0 Å². The second kappa shape index (κ2) is 9.07. The highest BCUT2D eigenvalue weighted by Gasteiger charge is 2.42. The summed E-state index contributed by atoms with van der Waals surface area (Å²) < 4.78 is 2.36. The number of para-hydroxylation sites is 1. The van der Waals surface area contributed by atoms with Gasteiger partial charge in [-0.05, 0) is 92.5 Å². The maximum atomic E-state index is 5.92. The van der Waals surface area contributed by atoms with E-state index >= 15 is 0 Å². The molecule has 3 heterocycles. The molecule has 34 heavy (non-hydrogen) atoms. The Balaban J connectivity index is 1.68. The summed E-state index contributed by atoms with van der Waals surface area (Å²) in [7, 11) is 0. The molecule has 1 saturated heterocycles. The van der Waals surface area contributed by atoms with E-state index in [-0.39, 0.29) is 12.1 Å². The SMILES string of the molecule is CCc1ccc(N2C(=S)N[C@@H](c3ccccn3)[C@@H]2c2cc(C)n(-c3ccccc3C)c2C)cc1. The smallest absolute Gasteiger partial charge is 0.174 e. The van der Waals surface area contributed by atoms with Crippen molar-refractivity contribution in [3.63, 3.8) is 0 Å². The summed E-state index contributed by atoms with van der Waals surface area (Å²) in [6.07, 6.45) is 2.87. The highest BCUT2D eigenvalue weighted by atomic mass is 32.1. The van der Waals surface area contributed by atoms with Crippen LogP contribution in [0.4, 0.5) is 5.69 Å². The van der Waals surface area contributed by atoms with Crippen molar-refractivity contribution in [2.45, 2.75) is 46.2 Å². The number of benzene rings is 2. The van der Waals surface area contributed by atoms with Gasteiger partial charge in [-0.25, -0.2) is 0 Å². The number of hydrogen-bond donors (Lipinski definition) is 1. The zero-order valence-electron chi connectivity index (χ0n) is 20.1. The van der Waals surface area contributed by atoms with Gasteiger partial charge in [0, 0.05) is 29.0 Å². The molecule has 2 aromatic heterocycles. The lowest BCUT2D eigenvalue weighted by Gasteiger charge is -2.28. The number of anilines is 1. The lowest BCUT2D eigenvalue weighted by atomic mass is 9.96. The lowest BCUT2D eigenvalue weighted by molar-refractivity contribution is 0.565. The second-order valence-corrected chi connectivity index (χ2v) is 9.35. The van der Waals surface area contributed by atoms with E-state index in [1.807, 2.05) is 18.3 Å². The first-order valence-electron chi connectivity index (χ1n) is 11.8. The number of thiocarbonyl (C=S) groups is 1. The van der Waals surface area contributed by atoms with Crippen LogP contribution in [0.5, 0.6) is 0 Å². The molecule has 5 heteroatoms. The van der Waals surface area contributed by atoms with Crippen LogP contribution in [-0.4, -0.2) is 14.7 Å². The minimum absolute atomic E-state index is 0.0150. The molecule has 1 fully saturated rings. The molecule has 4 aromatic rings. The number of aryl methyl sites for hydroxylation is 3. The van der Waals surface area contributed by atoms with Crippen molar-refractivity contribution in [2.24, 2.45) is 0 Å². The Morgan fingerprint density at radius 3 is 2.35 bits per heavy atom. The summed E-state index contributed by atoms with van der Waals surface area (Å²) in [5.74, 6) is 0. The zero-order chi connectivity index (χ0) is 23.8. The van der Waals surface area contributed by atoms with Gasteiger partial charge < -0.3 is 14.8 Å². The van der Waals surface area contributed by atoms with E-state index in [9.17, 15) is 0 Å². The van der Waals surface area contributed by atoms with E-state index in [1.165, 1.54) is 33.8 Å². The summed E-state index contributed by atoms with van der Waals surface area (Å²) in [6.45, 7) is 8.74. The Morgan fingerprint density at radius 1 is 0.941 bits per heavy atom. The van der Waals surface area contributed by atoms with Crippen LogP contribution in [0.1, 0.15) is 52.8 Å². The van der Waals surface area contributed by atoms with Crippen molar-refractivity contribution in [3.8, 4) is 5.69 Å². The van der Waals surface area contributed by atoms with Crippen LogP contribution in [0, 0.1) is 20.8 Å². The van der Waals surface area contributed by atoms with Crippen LogP contribution in [0.3, 0.4) is 0 Å². The van der Waals surface area contributed by atoms with Gasteiger partial charge in [0.2, 0.25) is 0 Å². The topological polar surface area (TPSA) is 33.1 Å². The molecule has 4 nitrogen and oxygen atoms in total. The van der Waals surface area contributed by atoms with Gasteiger partial charge in [-0.15, -0.1) is 0 Å². The molecule has 1 N–H and O–H groups in total. The van der Waals surface area contributed by atoms with Crippen LogP contribution in [0.25, 0.3) is 5.69 Å². The van der Waals surface area contributed by atoms with Crippen molar-refractivity contribution in [1.29, 1.82) is 0 Å². The highest BCUT2D eigenvalue weighted by molar-refractivity contribution is 7.80. The van der Waals surface area contributed by atoms with Gasteiger partial charge >= 0.3 is 0 Å².